The van der Waals surface area contributed by atoms with Gasteiger partial charge in [0.1, 0.15) is 22.4 Å². The van der Waals surface area contributed by atoms with Gasteiger partial charge in [0.2, 0.25) is 5.95 Å². The number of halogens is 2. The van der Waals surface area contributed by atoms with E-state index in [1.54, 1.807) is 12.3 Å². The molecule has 0 spiro atoms. The number of hydrogen-bond donors (Lipinski definition) is 1. The highest BCUT2D eigenvalue weighted by molar-refractivity contribution is 7.23. The quantitative estimate of drug-likeness (QED) is 0.213. The molecule has 0 unspecified atom stereocenters. The van der Waals surface area contributed by atoms with E-state index in [0.29, 0.717) is 27.0 Å². The van der Waals surface area contributed by atoms with Crippen molar-refractivity contribution in [2.45, 2.75) is 65.6 Å². The minimum atomic E-state index is -0.632. The number of rotatable bonds is 8. The van der Waals surface area contributed by atoms with Crippen LogP contribution in [0.3, 0.4) is 0 Å². The molecule has 2 aliphatic heterocycles. The number of nitrogen functional groups attached to an aromatic ring is 1. The molecule has 2 aromatic heterocycles. The van der Waals surface area contributed by atoms with Gasteiger partial charge in [-0.05, 0) is 69.1 Å². The molecule has 42 heavy (non-hydrogen) atoms. The molecule has 0 bridgehead atoms. The third-order valence-electron chi connectivity index (χ3n) is 8.02. The van der Waals surface area contributed by atoms with Gasteiger partial charge in [-0.3, -0.25) is 0 Å². The second kappa shape index (κ2) is 13.3. The first-order chi connectivity index (χ1) is 20.4. The van der Waals surface area contributed by atoms with Crippen molar-refractivity contribution >= 4 is 43.3 Å². The molecule has 1 saturated heterocycles. The first-order valence-corrected chi connectivity index (χ1v) is 15.6. The van der Waals surface area contributed by atoms with Crippen LogP contribution in [0.4, 0.5) is 19.7 Å². The summed E-state index contributed by atoms with van der Waals surface area (Å²) in [5, 5.41) is 10.8. The van der Waals surface area contributed by atoms with Gasteiger partial charge in [0.25, 0.3) is 0 Å². The molecule has 2 aromatic carbocycles. The zero-order valence-corrected chi connectivity index (χ0v) is 25.4. The van der Waals surface area contributed by atoms with Gasteiger partial charge in [0.05, 0.1) is 18.8 Å². The molecule has 1 fully saturated rings. The largest absolute Gasteiger partial charge is 0.389 e. The highest BCUT2D eigenvalue weighted by atomic mass is 32.1. The van der Waals surface area contributed by atoms with Gasteiger partial charge in [0.15, 0.2) is 5.82 Å². The summed E-state index contributed by atoms with van der Waals surface area (Å²) < 4.78 is 37.8. The van der Waals surface area contributed by atoms with E-state index >= 15 is 8.78 Å². The molecule has 10 heteroatoms. The van der Waals surface area contributed by atoms with Gasteiger partial charge in [-0.15, -0.1) is 11.3 Å². The maximum Gasteiger partial charge on any atom is 0.225 e. The Hall–Kier alpha value is -3.39. The van der Waals surface area contributed by atoms with E-state index in [1.807, 2.05) is 4.90 Å². The number of fused-ring (bicyclic) bond motifs is 4. The van der Waals surface area contributed by atoms with E-state index in [4.69, 9.17) is 10.5 Å². The average Bonchev–Trinajstić information content (AvgIpc) is 3.75. The van der Waals surface area contributed by atoms with Crippen molar-refractivity contribution in [2.75, 3.05) is 43.9 Å². The number of thiophene rings is 1. The van der Waals surface area contributed by atoms with Crippen molar-refractivity contribution in [1.82, 2.24) is 14.9 Å². The Morgan fingerprint density at radius 1 is 1.07 bits per heavy atom. The molecular weight excluding hydrogens is 554 g/mol. The van der Waals surface area contributed by atoms with Gasteiger partial charge < -0.3 is 20.3 Å². The molecule has 0 saturated carbocycles. The normalized spacial score (nSPS) is 14.5. The lowest BCUT2D eigenvalue weighted by atomic mass is 9.90. The van der Waals surface area contributed by atoms with Gasteiger partial charge in [-0.2, -0.15) is 5.26 Å². The van der Waals surface area contributed by atoms with Crippen LogP contribution in [0.1, 0.15) is 69.1 Å². The number of benzene rings is 2. The molecule has 4 aromatic rings. The van der Waals surface area contributed by atoms with Crippen molar-refractivity contribution in [1.29, 1.82) is 5.26 Å². The van der Waals surface area contributed by atoms with Crippen LogP contribution in [0.25, 0.3) is 32.1 Å². The molecule has 0 aliphatic carbocycles. The molecule has 6 rings (SSSR count). The number of anilines is 2. The Bertz CT molecular complexity index is 1630. The zero-order valence-electron chi connectivity index (χ0n) is 24.6. The van der Waals surface area contributed by atoms with Crippen LogP contribution < -0.4 is 10.6 Å². The topological polar surface area (TPSA) is 91.3 Å². The highest BCUT2D eigenvalue weighted by Gasteiger charge is 2.30. The lowest BCUT2D eigenvalue weighted by Crippen LogP contribution is -2.20. The molecule has 0 atom stereocenters. The summed E-state index contributed by atoms with van der Waals surface area (Å²) in [7, 11) is 2.21. The predicted molar refractivity (Wildman–Crippen MR) is 167 cm³/mol. The number of nitrogens with two attached hydrogens (primary N) is 1. The molecule has 2 N–H and O–H groups in total. The lowest BCUT2D eigenvalue weighted by Gasteiger charge is -2.18. The maximum absolute atomic E-state index is 16.2. The van der Waals surface area contributed by atoms with Crippen LogP contribution in [0.2, 0.25) is 0 Å². The Kier molecular flexibility index (Phi) is 9.51. The van der Waals surface area contributed by atoms with Crippen LogP contribution in [-0.4, -0.2) is 48.1 Å². The monoisotopic (exact) mass is 592 g/mol. The van der Waals surface area contributed by atoms with Crippen LogP contribution in [0.5, 0.6) is 0 Å². The standard InChI is InChI=1S/C23H17F2N5OS.C9H21N/c24-15-3-4-16-17(11(7-26)22(27)32-16)19(15)18-14-10-31-9-13(14)12-8-28-23(29-21(12)20(18)25)30-5-1-2-6-30;1-4-6-7-9-10(3)8-5-2/h3-4,8H,1-2,5-6,9-10,27H2;4-9H2,1-3H3. The Morgan fingerprint density at radius 2 is 1.83 bits per heavy atom. The van der Waals surface area contributed by atoms with Gasteiger partial charge in [-0.25, -0.2) is 18.7 Å². The maximum atomic E-state index is 16.2. The SMILES string of the molecule is CCCCCN(C)CCC.N#Cc1c(N)sc2ccc(F)c(-c3c4c(c5cnc(N6CCCC6)nc5c3F)COC4)c12. The van der Waals surface area contributed by atoms with Crippen LogP contribution in [-0.2, 0) is 18.0 Å². The van der Waals surface area contributed by atoms with E-state index in [2.05, 4.69) is 41.8 Å². The minimum absolute atomic E-state index is 0.0366. The molecule has 2 aliphatic rings. The van der Waals surface area contributed by atoms with E-state index in [1.165, 1.54) is 56.2 Å². The van der Waals surface area contributed by atoms with E-state index in [0.717, 1.165) is 31.5 Å². The molecule has 4 heterocycles. The van der Waals surface area contributed by atoms with Crippen LogP contribution in [0, 0.1) is 23.0 Å². The van der Waals surface area contributed by atoms with Crippen LogP contribution >= 0.6 is 11.3 Å². The smallest absolute Gasteiger partial charge is 0.225 e. The van der Waals surface area contributed by atoms with E-state index in [-0.39, 0.29) is 40.4 Å². The number of nitrogens with zero attached hydrogens (tertiary/aromatic N) is 5. The van der Waals surface area contributed by atoms with Crippen LogP contribution in [0.15, 0.2) is 18.3 Å². The van der Waals surface area contributed by atoms with Gasteiger partial charge in [0, 0.05) is 45.9 Å². The summed E-state index contributed by atoms with van der Waals surface area (Å²) >= 11 is 1.19. The number of ether oxygens (including phenoxy) is 1. The van der Waals surface area contributed by atoms with Gasteiger partial charge in [-0.1, -0.05) is 26.7 Å². The van der Waals surface area contributed by atoms with Crippen molar-refractivity contribution in [3.05, 3.63) is 46.7 Å². The van der Waals surface area contributed by atoms with Crippen molar-refractivity contribution in [2.24, 2.45) is 0 Å². The zero-order chi connectivity index (χ0) is 29.8. The summed E-state index contributed by atoms with van der Waals surface area (Å²) in [4.78, 5) is 13.5. The number of aromatic nitrogens is 2. The fraction of sp³-hybridized carbons (Fsp3) is 0.469. The summed E-state index contributed by atoms with van der Waals surface area (Å²) in [5.74, 6) is -0.782. The summed E-state index contributed by atoms with van der Waals surface area (Å²) in [6.45, 7) is 9.06. The molecule has 222 valence electrons. The van der Waals surface area contributed by atoms with E-state index < -0.39 is 11.6 Å². The fourth-order valence-corrected chi connectivity index (χ4v) is 6.83. The predicted octanol–water partition coefficient (Wildman–Crippen LogP) is 7.39. The summed E-state index contributed by atoms with van der Waals surface area (Å²) in [5.41, 5.74) is 7.76. The molecule has 0 amide bonds. The molecule has 7 nitrogen and oxygen atoms in total. The number of unbranched alkanes of at least 4 members (excludes halogenated alkanes) is 2. The second-order valence-electron chi connectivity index (χ2n) is 11.0. The Balaban J connectivity index is 0.000000305. The van der Waals surface area contributed by atoms with Crippen molar-refractivity contribution in [3.63, 3.8) is 0 Å². The summed E-state index contributed by atoms with van der Waals surface area (Å²) in [6.07, 6.45) is 9.08. The second-order valence-corrected chi connectivity index (χ2v) is 12.1. The first kappa shape index (κ1) is 30.1. The molecule has 0 radical (unpaired) electrons. The number of nitriles is 1. The molecular formula is C32H38F2N6OS. The Labute approximate surface area is 249 Å². The fourth-order valence-electron chi connectivity index (χ4n) is 5.90. The third-order valence-corrected chi connectivity index (χ3v) is 9.00. The van der Waals surface area contributed by atoms with Crippen molar-refractivity contribution in [3.8, 4) is 17.2 Å². The minimum Gasteiger partial charge on any atom is -0.389 e. The summed E-state index contributed by atoms with van der Waals surface area (Å²) in [6, 6.07) is 4.92. The van der Waals surface area contributed by atoms with Crippen molar-refractivity contribution < 1.29 is 13.5 Å². The lowest BCUT2D eigenvalue weighted by molar-refractivity contribution is 0.135. The first-order valence-electron chi connectivity index (χ1n) is 14.8. The van der Waals surface area contributed by atoms with E-state index in [9.17, 15) is 5.26 Å². The van der Waals surface area contributed by atoms with Gasteiger partial charge >= 0.3 is 0 Å². The number of hydrogen-bond acceptors (Lipinski definition) is 8. The Morgan fingerprint density at radius 3 is 2.55 bits per heavy atom. The third kappa shape index (κ3) is 5.78. The highest BCUT2D eigenvalue weighted by Crippen LogP contribution is 2.46. The average molecular weight is 593 g/mol.